The average Bonchev–Trinajstić information content (AvgIpc) is 2.32. The third kappa shape index (κ3) is 3.33. The molecule has 0 fully saturated rings. The van der Waals surface area contributed by atoms with Crippen molar-refractivity contribution in [1.82, 2.24) is 4.98 Å². The van der Waals surface area contributed by atoms with E-state index in [0.29, 0.717) is 20.5 Å². The summed E-state index contributed by atoms with van der Waals surface area (Å²) in [5.74, 6) is -0.452. The highest BCUT2D eigenvalue weighted by molar-refractivity contribution is 9.10. The van der Waals surface area contributed by atoms with Crippen LogP contribution in [0.2, 0.25) is 0 Å². The highest BCUT2D eigenvalue weighted by Gasteiger charge is 2.13. The largest absolute Gasteiger partial charge is 0.507 e. The Morgan fingerprint density at radius 1 is 1.26 bits per heavy atom. The van der Waals surface area contributed by atoms with E-state index in [4.69, 9.17) is 0 Å². The van der Waals surface area contributed by atoms with E-state index in [2.05, 4.69) is 42.2 Å². The molecular weight excluding hydrogens is 376 g/mol. The Hall–Kier alpha value is -1.40. The number of amides is 1. The van der Waals surface area contributed by atoms with Crippen LogP contribution in [0.5, 0.6) is 5.75 Å². The van der Waals surface area contributed by atoms with Crippen molar-refractivity contribution in [3.05, 3.63) is 50.7 Å². The molecule has 1 amide bonds. The predicted molar refractivity (Wildman–Crippen MR) is 80.4 cm³/mol. The molecule has 0 aliphatic heterocycles. The fourth-order valence-corrected chi connectivity index (χ4v) is 2.30. The average molecular weight is 386 g/mol. The molecule has 1 heterocycles. The Bertz CT molecular complexity index is 645. The van der Waals surface area contributed by atoms with Crippen molar-refractivity contribution >= 4 is 43.5 Å². The number of aryl methyl sites for hydroxylation is 1. The van der Waals surface area contributed by atoms with Crippen molar-refractivity contribution in [1.29, 1.82) is 0 Å². The van der Waals surface area contributed by atoms with E-state index < -0.39 is 0 Å². The number of nitrogens with zero attached hydrogens (tertiary/aromatic N) is 1. The molecule has 6 heteroatoms. The van der Waals surface area contributed by atoms with Crippen molar-refractivity contribution in [3.63, 3.8) is 0 Å². The first-order chi connectivity index (χ1) is 8.97. The SMILES string of the molecule is Cc1nc(Br)ccc1NC(=O)c1ccc(Br)cc1O. The number of phenolic OH excluding ortho intramolecular Hbond substituents is 1. The highest BCUT2D eigenvalue weighted by atomic mass is 79.9. The summed E-state index contributed by atoms with van der Waals surface area (Å²) < 4.78 is 1.41. The third-order valence-corrected chi connectivity index (χ3v) is 3.44. The summed E-state index contributed by atoms with van der Waals surface area (Å²) in [4.78, 5) is 16.2. The van der Waals surface area contributed by atoms with Gasteiger partial charge < -0.3 is 10.4 Å². The number of carbonyl (C=O) groups excluding carboxylic acids is 1. The maximum Gasteiger partial charge on any atom is 0.259 e. The fourth-order valence-electron chi connectivity index (χ4n) is 1.55. The van der Waals surface area contributed by atoms with Gasteiger partial charge in [-0.1, -0.05) is 15.9 Å². The lowest BCUT2D eigenvalue weighted by atomic mass is 10.2. The van der Waals surface area contributed by atoms with Crippen molar-refractivity contribution in [2.45, 2.75) is 6.92 Å². The molecule has 19 heavy (non-hydrogen) atoms. The van der Waals surface area contributed by atoms with Gasteiger partial charge in [-0.05, 0) is 53.2 Å². The van der Waals surface area contributed by atoms with Gasteiger partial charge in [0, 0.05) is 4.47 Å². The minimum Gasteiger partial charge on any atom is -0.507 e. The first kappa shape index (κ1) is 14.0. The number of benzene rings is 1. The number of rotatable bonds is 2. The van der Waals surface area contributed by atoms with E-state index in [1.54, 1.807) is 31.2 Å². The molecule has 2 N–H and O–H groups in total. The lowest BCUT2D eigenvalue weighted by Crippen LogP contribution is -2.13. The number of hydrogen-bond donors (Lipinski definition) is 2. The summed E-state index contributed by atoms with van der Waals surface area (Å²) in [6.45, 7) is 1.79. The Morgan fingerprint density at radius 2 is 2.00 bits per heavy atom. The lowest BCUT2D eigenvalue weighted by molar-refractivity contribution is 0.102. The molecule has 98 valence electrons. The summed E-state index contributed by atoms with van der Waals surface area (Å²) >= 11 is 6.48. The van der Waals surface area contributed by atoms with Gasteiger partial charge in [0.05, 0.1) is 16.9 Å². The minimum absolute atomic E-state index is 0.0744. The number of carbonyl (C=O) groups is 1. The summed E-state index contributed by atoms with van der Waals surface area (Å²) in [5, 5.41) is 12.5. The Balaban J connectivity index is 2.25. The third-order valence-electron chi connectivity index (χ3n) is 2.50. The molecule has 0 unspecified atom stereocenters. The van der Waals surface area contributed by atoms with Crippen LogP contribution in [0.4, 0.5) is 5.69 Å². The second kappa shape index (κ2) is 5.71. The van der Waals surface area contributed by atoms with Crippen molar-refractivity contribution in [2.75, 3.05) is 5.32 Å². The summed E-state index contributed by atoms with van der Waals surface area (Å²) in [7, 11) is 0. The Labute approximate surface area is 127 Å². The number of anilines is 1. The van der Waals surface area contributed by atoms with Crippen LogP contribution in [-0.4, -0.2) is 16.0 Å². The van der Waals surface area contributed by atoms with Crippen LogP contribution in [-0.2, 0) is 0 Å². The molecule has 0 aliphatic carbocycles. The van der Waals surface area contributed by atoms with Gasteiger partial charge in [-0.3, -0.25) is 4.79 Å². The second-order valence-corrected chi connectivity index (χ2v) is 5.61. The van der Waals surface area contributed by atoms with Gasteiger partial charge in [0.25, 0.3) is 5.91 Å². The molecule has 0 radical (unpaired) electrons. The summed E-state index contributed by atoms with van der Waals surface area (Å²) in [6, 6.07) is 8.21. The standard InChI is InChI=1S/C13H10Br2N2O2/c1-7-10(4-5-12(15)16-7)17-13(19)9-3-2-8(14)6-11(9)18/h2-6,18H,1H3,(H,17,19). The van der Waals surface area contributed by atoms with E-state index in [9.17, 15) is 9.90 Å². The zero-order valence-electron chi connectivity index (χ0n) is 9.95. The molecule has 0 aliphatic rings. The molecule has 4 nitrogen and oxygen atoms in total. The quantitative estimate of drug-likeness (QED) is 0.771. The molecule has 0 saturated heterocycles. The number of aromatic nitrogens is 1. The van der Waals surface area contributed by atoms with Gasteiger partial charge in [0.2, 0.25) is 0 Å². The first-order valence-corrected chi connectivity index (χ1v) is 6.99. The molecule has 0 spiro atoms. The lowest BCUT2D eigenvalue weighted by Gasteiger charge is -2.09. The van der Waals surface area contributed by atoms with Crippen LogP contribution < -0.4 is 5.32 Å². The Kier molecular flexibility index (Phi) is 4.21. The Morgan fingerprint density at radius 3 is 2.63 bits per heavy atom. The first-order valence-electron chi connectivity index (χ1n) is 5.40. The zero-order chi connectivity index (χ0) is 14.0. The van der Waals surface area contributed by atoms with Crippen molar-refractivity contribution in [2.24, 2.45) is 0 Å². The summed E-state index contributed by atoms with van der Waals surface area (Å²) in [6.07, 6.45) is 0. The monoisotopic (exact) mass is 384 g/mol. The van der Waals surface area contributed by atoms with Gasteiger partial charge in [0.15, 0.2) is 0 Å². The number of hydrogen-bond acceptors (Lipinski definition) is 3. The van der Waals surface area contributed by atoms with Gasteiger partial charge in [-0.2, -0.15) is 0 Å². The van der Waals surface area contributed by atoms with Gasteiger partial charge in [-0.25, -0.2) is 4.98 Å². The molecule has 2 aromatic rings. The van der Waals surface area contributed by atoms with Crippen LogP contribution in [0.1, 0.15) is 16.1 Å². The maximum absolute atomic E-state index is 12.1. The van der Waals surface area contributed by atoms with Crippen molar-refractivity contribution in [3.8, 4) is 5.75 Å². The summed E-state index contributed by atoms with van der Waals surface area (Å²) in [5.41, 5.74) is 1.51. The molecule has 0 saturated carbocycles. The second-order valence-electron chi connectivity index (χ2n) is 3.88. The predicted octanol–water partition coefficient (Wildman–Crippen LogP) is 3.87. The number of phenols is 1. The molecule has 1 aromatic heterocycles. The minimum atomic E-state index is -0.378. The fraction of sp³-hybridized carbons (Fsp3) is 0.0769. The van der Waals surface area contributed by atoms with E-state index >= 15 is 0 Å². The molecule has 1 aromatic carbocycles. The normalized spacial score (nSPS) is 10.3. The topological polar surface area (TPSA) is 62.2 Å². The van der Waals surface area contributed by atoms with Crippen LogP contribution in [0.25, 0.3) is 0 Å². The van der Waals surface area contributed by atoms with E-state index in [1.165, 1.54) is 6.07 Å². The van der Waals surface area contributed by atoms with Crippen LogP contribution in [0, 0.1) is 6.92 Å². The number of nitrogens with one attached hydrogen (secondary N) is 1. The van der Waals surface area contributed by atoms with E-state index in [-0.39, 0.29) is 17.2 Å². The highest BCUT2D eigenvalue weighted by Crippen LogP contribution is 2.24. The molecule has 0 atom stereocenters. The van der Waals surface area contributed by atoms with Gasteiger partial charge in [-0.15, -0.1) is 0 Å². The van der Waals surface area contributed by atoms with Crippen LogP contribution in [0.3, 0.4) is 0 Å². The number of halogens is 2. The van der Waals surface area contributed by atoms with Gasteiger partial charge in [0.1, 0.15) is 10.4 Å². The van der Waals surface area contributed by atoms with Crippen molar-refractivity contribution < 1.29 is 9.90 Å². The van der Waals surface area contributed by atoms with Crippen LogP contribution >= 0.6 is 31.9 Å². The smallest absolute Gasteiger partial charge is 0.259 e. The molecule has 0 bridgehead atoms. The number of aromatic hydroxyl groups is 1. The van der Waals surface area contributed by atoms with Crippen LogP contribution in [0.15, 0.2) is 39.4 Å². The van der Waals surface area contributed by atoms with E-state index in [0.717, 1.165) is 0 Å². The molecular formula is C13H10Br2N2O2. The number of pyridine rings is 1. The zero-order valence-corrected chi connectivity index (χ0v) is 13.1. The molecule has 2 rings (SSSR count). The van der Waals surface area contributed by atoms with E-state index in [1.807, 2.05) is 0 Å². The maximum atomic E-state index is 12.1. The van der Waals surface area contributed by atoms with Gasteiger partial charge >= 0.3 is 0 Å².